The second kappa shape index (κ2) is 7.71. The normalized spacial score (nSPS) is 16.4. The third-order valence-electron chi connectivity index (χ3n) is 5.81. The number of aryl methyl sites for hydroxylation is 2. The van der Waals surface area contributed by atoms with Crippen molar-refractivity contribution in [1.82, 2.24) is 9.97 Å². The van der Waals surface area contributed by atoms with Gasteiger partial charge in [-0.15, -0.1) is 23.1 Å². The lowest BCUT2D eigenvalue weighted by Crippen LogP contribution is -2.24. The zero-order valence-electron chi connectivity index (χ0n) is 17.8. The van der Waals surface area contributed by atoms with Gasteiger partial charge in [0.1, 0.15) is 10.7 Å². The maximum atomic E-state index is 12.7. The molecular formula is C23H25N3O2S2. The number of allylic oxidation sites excluding steroid dienone is 2. The lowest BCUT2D eigenvalue weighted by atomic mass is 9.83. The molecule has 0 bridgehead atoms. The van der Waals surface area contributed by atoms with Gasteiger partial charge in [0.2, 0.25) is 0 Å². The first-order valence-electron chi connectivity index (χ1n) is 9.85. The first kappa shape index (κ1) is 20.9. The summed E-state index contributed by atoms with van der Waals surface area (Å²) < 4.78 is 0. The van der Waals surface area contributed by atoms with E-state index in [1.165, 1.54) is 28.7 Å². The van der Waals surface area contributed by atoms with Gasteiger partial charge in [0.05, 0.1) is 16.9 Å². The summed E-state index contributed by atoms with van der Waals surface area (Å²) in [6.45, 7) is 8.25. The summed E-state index contributed by atoms with van der Waals surface area (Å²) in [5.74, 6) is 1.52. The van der Waals surface area contributed by atoms with E-state index in [2.05, 4.69) is 40.8 Å². The minimum absolute atomic E-state index is 0.0639. The Kier molecular flexibility index (Phi) is 5.36. The predicted molar refractivity (Wildman–Crippen MR) is 127 cm³/mol. The van der Waals surface area contributed by atoms with E-state index >= 15 is 0 Å². The number of fused-ring (bicyclic) bond motifs is 2. The minimum Gasteiger partial charge on any atom is -0.347 e. The van der Waals surface area contributed by atoms with Gasteiger partial charge in [-0.2, -0.15) is 0 Å². The fraction of sp³-hybridized carbons (Fsp3) is 0.348. The van der Waals surface area contributed by atoms with Crippen molar-refractivity contribution in [3.63, 3.8) is 0 Å². The summed E-state index contributed by atoms with van der Waals surface area (Å²) in [6, 6.07) is 8.27. The van der Waals surface area contributed by atoms with Gasteiger partial charge in [-0.25, -0.2) is 4.98 Å². The van der Waals surface area contributed by atoms with Crippen molar-refractivity contribution in [1.29, 1.82) is 0 Å². The van der Waals surface area contributed by atoms with Gasteiger partial charge in [-0.1, -0.05) is 32.0 Å². The Morgan fingerprint density at radius 2 is 2.03 bits per heavy atom. The average Bonchev–Trinajstić information content (AvgIpc) is 3.08. The van der Waals surface area contributed by atoms with E-state index < -0.39 is 0 Å². The van der Waals surface area contributed by atoms with Gasteiger partial charge in [0.15, 0.2) is 5.78 Å². The summed E-state index contributed by atoms with van der Waals surface area (Å²) >= 11 is 3.01. The van der Waals surface area contributed by atoms with Crippen molar-refractivity contribution in [2.45, 2.75) is 38.9 Å². The van der Waals surface area contributed by atoms with E-state index in [-0.39, 0.29) is 16.8 Å². The third kappa shape index (κ3) is 3.50. The monoisotopic (exact) mass is 439 g/mol. The van der Waals surface area contributed by atoms with Crippen molar-refractivity contribution in [2.75, 3.05) is 17.7 Å². The number of hydrogen-bond acceptors (Lipinski definition) is 6. The van der Waals surface area contributed by atoms with E-state index in [0.717, 1.165) is 26.7 Å². The summed E-state index contributed by atoms with van der Waals surface area (Å²) in [4.78, 5) is 36.5. The third-order valence-corrected chi connectivity index (χ3v) is 7.88. The molecule has 0 unspecified atom stereocenters. The number of benzene rings is 1. The molecule has 3 aromatic rings. The van der Waals surface area contributed by atoms with Crippen LogP contribution in [0.1, 0.15) is 35.7 Å². The maximum Gasteiger partial charge on any atom is 0.259 e. The number of thioether (sulfide) groups is 1. The van der Waals surface area contributed by atoms with E-state index in [1.54, 1.807) is 6.08 Å². The van der Waals surface area contributed by atoms with Crippen molar-refractivity contribution in [2.24, 2.45) is 0 Å². The van der Waals surface area contributed by atoms with Gasteiger partial charge < -0.3 is 9.88 Å². The number of H-pyrrole nitrogens is 1. The molecule has 2 aromatic heterocycles. The molecule has 7 heteroatoms. The number of thiophene rings is 1. The maximum absolute atomic E-state index is 12.7. The van der Waals surface area contributed by atoms with Crippen LogP contribution >= 0.6 is 23.1 Å². The van der Waals surface area contributed by atoms with Crippen LogP contribution in [0.15, 0.2) is 40.8 Å². The number of carbonyl (C=O) groups excluding carboxylic acids is 1. The molecule has 0 spiro atoms. The summed E-state index contributed by atoms with van der Waals surface area (Å²) in [7, 11) is 2.01. The van der Waals surface area contributed by atoms with Gasteiger partial charge in [0.25, 0.3) is 5.56 Å². The number of anilines is 1. The molecule has 1 N–H and O–H groups in total. The van der Waals surface area contributed by atoms with Crippen molar-refractivity contribution in [3.05, 3.63) is 68.2 Å². The number of likely N-dealkylation sites (N-methyl/N-ethyl adjacent to an activating group) is 1. The lowest BCUT2D eigenvalue weighted by molar-refractivity contribution is -0.112. The van der Waals surface area contributed by atoms with E-state index in [1.807, 2.05) is 33.0 Å². The molecule has 0 amide bonds. The highest BCUT2D eigenvalue weighted by molar-refractivity contribution is 7.99. The highest BCUT2D eigenvalue weighted by atomic mass is 32.2. The second-order valence-corrected chi connectivity index (χ2v) is 10.4. The van der Waals surface area contributed by atoms with Crippen molar-refractivity contribution < 1.29 is 4.79 Å². The first-order chi connectivity index (χ1) is 14.2. The molecule has 0 radical (unpaired) electrons. The number of carbonyl (C=O) groups is 1. The molecule has 0 fully saturated rings. The molecule has 0 atom stereocenters. The molecule has 3 heterocycles. The molecule has 5 nitrogen and oxygen atoms in total. The van der Waals surface area contributed by atoms with Crippen LogP contribution in [0.4, 0.5) is 5.69 Å². The molecular weight excluding hydrogens is 414 g/mol. The number of aromatic nitrogens is 2. The van der Waals surface area contributed by atoms with Crippen molar-refractivity contribution in [3.8, 4) is 0 Å². The highest BCUT2D eigenvalue weighted by Gasteiger charge is 2.38. The molecule has 0 aliphatic carbocycles. The number of aromatic amines is 1. The Morgan fingerprint density at radius 1 is 1.30 bits per heavy atom. The molecule has 156 valence electrons. The van der Waals surface area contributed by atoms with E-state index in [4.69, 9.17) is 0 Å². The van der Waals surface area contributed by atoms with Crippen LogP contribution < -0.4 is 10.5 Å². The predicted octanol–water partition coefficient (Wildman–Crippen LogP) is 4.72. The standard InChI is InChI=1S/C23H25N3O2S2/c1-13-14(2)30-22-20(13)21(28)24-19(25-22)12-29-11-15(27)10-18-23(3,4)16-8-6-7-9-17(16)26(18)5/h6-10H,11-12H2,1-5H3,(H,24,25,28)/b18-10-. The van der Waals surface area contributed by atoms with Crippen molar-refractivity contribution >= 4 is 44.8 Å². The van der Waals surface area contributed by atoms with Crippen LogP contribution in [-0.4, -0.2) is 28.6 Å². The average molecular weight is 440 g/mol. The number of nitrogens with zero attached hydrogens (tertiary/aromatic N) is 2. The molecule has 1 aromatic carbocycles. The summed E-state index contributed by atoms with van der Waals surface area (Å²) in [6.07, 6.45) is 1.76. The van der Waals surface area contributed by atoms with Crippen LogP contribution in [0.3, 0.4) is 0 Å². The summed E-state index contributed by atoms with van der Waals surface area (Å²) in [5.41, 5.74) is 4.07. The van der Waals surface area contributed by atoms with Gasteiger partial charge >= 0.3 is 0 Å². The van der Waals surface area contributed by atoms with Crippen LogP contribution in [0.2, 0.25) is 0 Å². The zero-order chi connectivity index (χ0) is 21.6. The molecule has 1 aliphatic heterocycles. The number of nitrogens with one attached hydrogen (secondary N) is 1. The fourth-order valence-electron chi connectivity index (χ4n) is 4.07. The molecule has 1 aliphatic rings. The van der Waals surface area contributed by atoms with Gasteiger partial charge in [-0.05, 0) is 31.0 Å². The molecule has 30 heavy (non-hydrogen) atoms. The number of hydrogen-bond donors (Lipinski definition) is 1. The molecule has 0 saturated carbocycles. The van der Waals surface area contributed by atoms with Crippen LogP contribution in [0.5, 0.6) is 0 Å². The quantitative estimate of drug-likeness (QED) is 0.583. The highest BCUT2D eigenvalue weighted by Crippen LogP contribution is 2.46. The lowest BCUT2D eigenvalue weighted by Gasteiger charge is -2.23. The number of rotatable bonds is 5. The zero-order valence-corrected chi connectivity index (χ0v) is 19.5. The second-order valence-electron chi connectivity index (χ2n) is 8.17. The fourth-order valence-corrected chi connectivity index (χ4v) is 5.83. The molecule has 4 rings (SSSR count). The Labute approximate surface area is 184 Å². The largest absolute Gasteiger partial charge is 0.347 e. The molecule has 0 saturated heterocycles. The van der Waals surface area contributed by atoms with Crippen LogP contribution in [0, 0.1) is 13.8 Å². The Bertz CT molecular complexity index is 1240. The van der Waals surface area contributed by atoms with Gasteiger partial charge in [0, 0.05) is 34.8 Å². The topological polar surface area (TPSA) is 66.1 Å². The Hall–Kier alpha value is -2.38. The Morgan fingerprint density at radius 3 is 2.77 bits per heavy atom. The number of ketones is 1. The van der Waals surface area contributed by atoms with E-state index in [9.17, 15) is 9.59 Å². The SMILES string of the molecule is Cc1sc2nc(CSCC(=O)/C=C3\N(C)c4ccccc4C3(C)C)[nH]c(=O)c2c1C. The number of para-hydroxylation sites is 1. The summed E-state index contributed by atoms with van der Waals surface area (Å²) in [5, 5.41) is 0.679. The van der Waals surface area contributed by atoms with Crippen LogP contribution in [0.25, 0.3) is 10.2 Å². The van der Waals surface area contributed by atoms with Gasteiger partial charge in [-0.3, -0.25) is 9.59 Å². The van der Waals surface area contributed by atoms with Crippen LogP contribution in [-0.2, 0) is 16.0 Å². The smallest absolute Gasteiger partial charge is 0.259 e. The minimum atomic E-state index is -0.210. The first-order valence-corrected chi connectivity index (χ1v) is 11.8. The van der Waals surface area contributed by atoms with E-state index in [0.29, 0.717) is 22.7 Å². The Balaban J connectivity index is 1.46.